The number of thioether (sulfide) groups is 1. The molecular formula is C14H14F2N4OS. The van der Waals surface area contributed by atoms with Gasteiger partial charge in [-0.2, -0.15) is 0 Å². The van der Waals surface area contributed by atoms with Gasteiger partial charge < -0.3 is 11.1 Å². The summed E-state index contributed by atoms with van der Waals surface area (Å²) in [5.41, 5.74) is 6.23. The Kier molecular flexibility index (Phi) is 4.92. The van der Waals surface area contributed by atoms with Gasteiger partial charge in [-0.25, -0.2) is 18.7 Å². The van der Waals surface area contributed by atoms with Gasteiger partial charge in [0.15, 0.2) is 5.16 Å². The number of hydrogen-bond acceptors (Lipinski definition) is 5. The van der Waals surface area contributed by atoms with Gasteiger partial charge in [-0.05, 0) is 26.0 Å². The zero-order chi connectivity index (χ0) is 16.3. The van der Waals surface area contributed by atoms with E-state index in [1.165, 1.54) is 6.07 Å². The van der Waals surface area contributed by atoms with Crippen LogP contribution in [-0.4, -0.2) is 21.1 Å². The van der Waals surface area contributed by atoms with Crippen molar-refractivity contribution in [3.05, 3.63) is 41.6 Å². The Morgan fingerprint density at radius 3 is 2.68 bits per heavy atom. The first-order valence-corrected chi connectivity index (χ1v) is 7.27. The second kappa shape index (κ2) is 6.69. The molecule has 1 aromatic heterocycles. The molecule has 0 radical (unpaired) electrons. The van der Waals surface area contributed by atoms with Crippen LogP contribution in [0.5, 0.6) is 0 Å². The van der Waals surface area contributed by atoms with Crippen LogP contribution in [0.3, 0.4) is 0 Å². The fraction of sp³-hybridized carbons (Fsp3) is 0.214. The lowest BCUT2D eigenvalue weighted by atomic mass is 10.3. The van der Waals surface area contributed by atoms with Crippen LogP contribution in [0.15, 0.2) is 29.4 Å². The molecule has 0 saturated heterocycles. The van der Waals surface area contributed by atoms with E-state index in [2.05, 4.69) is 15.3 Å². The van der Waals surface area contributed by atoms with Crippen molar-refractivity contribution in [1.29, 1.82) is 0 Å². The van der Waals surface area contributed by atoms with Crippen LogP contribution in [0.2, 0.25) is 0 Å². The summed E-state index contributed by atoms with van der Waals surface area (Å²) in [6.07, 6.45) is 0. The van der Waals surface area contributed by atoms with E-state index in [1.54, 1.807) is 19.9 Å². The quantitative estimate of drug-likeness (QED) is 0.668. The summed E-state index contributed by atoms with van der Waals surface area (Å²) in [5.74, 6) is -1.67. The van der Waals surface area contributed by atoms with Gasteiger partial charge in [0.2, 0.25) is 5.91 Å². The highest BCUT2D eigenvalue weighted by atomic mass is 32.2. The third-order valence-corrected chi connectivity index (χ3v) is 3.65. The predicted molar refractivity (Wildman–Crippen MR) is 81.5 cm³/mol. The van der Waals surface area contributed by atoms with Crippen LogP contribution in [0.25, 0.3) is 0 Å². The Labute approximate surface area is 130 Å². The van der Waals surface area contributed by atoms with Crippen LogP contribution in [-0.2, 0) is 4.79 Å². The van der Waals surface area contributed by atoms with Crippen molar-refractivity contribution in [3.63, 3.8) is 0 Å². The molecule has 0 bridgehead atoms. The van der Waals surface area contributed by atoms with Crippen molar-refractivity contribution >= 4 is 29.2 Å². The smallest absolute Gasteiger partial charge is 0.237 e. The number of hydrogen-bond donors (Lipinski definition) is 2. The van der Waals surface area contributed by atoms with Crippen molar-refractivity contribution in [2.24, 2.45) is 0 Å². The second-order valence-corrected chi connectivity index (χ2v) is 5.90. The van der Waals surface area contributed by atoms with Crippen molar-refractivity contribution in [1.82, 2.24) is 9.97 Å². The zero-order valence-electron chi connectivity index (χ0n) is 11.9. The zero-order valence-corrected chi connectivity index (χ0v) is 12.7. The molecular weight excluding hydrogens is 310 g/mol. The average Bonchev–Trinajstić information content (AvgIpc) is 2.40. The van der Waals surface area contributed by atoms with Crippen molar-refractivity contribution in [3.8, 4) is 0 Å². The number of nitrogen functional groups attached to an aromatic ring is 1. The highest BCUT2D eigenvalue weighted by molar-refractivity contribution is 8.00. The molecule has 1 amide bonds. The Bertz CT molecular complexity index is 691. The Balaban J connectivity index is 2.05. The summed E-state index contributed by atoms with van der Waals surface area (Å²) in [6.45, 7) is 3.39. The number of benzene rings is 1. The largest absolute Gasteiger partial charge is 0.384 e. The minimum absolute atomic E-state index is 0.0801. The number of aromatic nitrogens is 2. The fourth-order valence-corrected chi connectivity index (χ4v) is 2.49. The average molecular weight is 324 g/mol. The fourth-order valence-electron chi connectivity index (χ4n) is 1.65. The molecule has 0 aliphatic heterocycles. The minimum Gasteiger partial charge on any atom is -0.384 e. The third kappa shape index (κ3) is 4.14. The number of amides is 1. The normalized spacial score (nSPS) is 12.0. The Morgan fingerprint density at radius 2 is 2.05 bits per heavy atom. The first-order valence-electron chi connectivity index (χ1n) is 6.39. The molecule has 3 N–H and O–H groups in total. The van der Waals surface area contributed by atoms with Crippen LogP contribution in [0.4, 0.5) is 20.3 Å². The number of carbonyl (C=O) groups is 1. The topological polar surface area (TPSA) is 80.9 Å². The van der Waals surface area contributed by atoms with Crippen LogP contribution >= 0.6 is 11.8 Å². The molecule has 0 unspecified atom stereocenters. The molecule has 2 aromatic rings. The number of anilines is 2. The van der Waals surface area contributed by atoms with E-state index in [0.29, 0.717) is 22.7 Å². The molecule has 116 valence electrons. The molecule has 1 aromatic carbocycles. The van der Waals surface area contributed by atoms with Crippen molar-refractivity contribution in [2.75, 3.05) is 11.1 Å². The summed E-state index contributed by atoms with van der Waals surface area (Å²) in [7, 11) is 0. The molecule has 5 nitrogen and oxygen atoms in total. The SMILES string of the molecule is Cc1cc(N)nc(S[C@@H](C)C(=O)Nc2ccc(F)cc2F)n1. The number of nitrogens with one attached hydrogen (secondary N) is 1. The molecule has 1 atom stereocenters. The van der Waals surface area contributed by atoms with Crippen LogP contribution in [0, 0.1) is 18.6 Å². The summed E-state index contributed by atoms with van der Waals surface area (Å²) in [5, 5.41) is 2.18. The van der Waals surface area contributed by atoms with Gasteiger partial charge in [-0.1, -0.05) is 11.8 Å². The van der Waals surface area contributed by atoms with Gasteiger partial charge >= 0.3 is 0 Å². The summed E-state index contributed by atoms with van der Waals surface area (Å²) in [4.78, 5) is 20.2. The predicted octanol–water partition coefficient (Wildman–Crippen LogP) is 2.76. The number of rotatable bonds is 4. The molecule has 0 spiro atoms. The van der Waals surface area contributed by atoms with Gasteiger partial charge in [-0.3, -0.25) is 4.79 Å². The number of aryl methyl sites for hydroxylation is 1. The van der Waals surface area contributed by atoms with E-state index in [1.807, 2.05) is 0 Å². The van der Waals surface area contributed by atoms with E-state index in [9.17, 15) is 13.6 Å². The standard InChI is InChI=1S/C14H14F2N4OS/c1-7-5-12(17)20-14(18-7)22-8(2)13(21)19-11-4-3-9(15)6-10(11)16/h3-6,8H,1-2H3,(H,19,21)(H2,17,18,20)/t8-/m0/s1. The maximum Gasteiger partial charge on any atom is 0.237 e. The van der Waals surface area contributed by atoms with Crippen LogP contribution < -0.4 is 11.1 Å². The molecule has 0 aliphatic carbocycles. The molecule has 0 fully saturated rings. The highest BCUT2D eigenvalue weighted by Gasteiger charge is 2.18. The molecule has 2 rings (SSSR count). The van der Waals surface area contributed by atoms with Gasteiger partial charge in [0.1, 0.15) is 17.5 Å². The van der Waals surface area contributed by atoms with Crippen LogP contribution in [0.1, 0.15) is 12.6 Å². The summed E-state index contributed by atoms with van der Waals surface area (Å²) < 4.78 is 26.3. The molecule has 8 heteroatoms. The van der Waals surface area contributed by atoms with Crippen molar-refractivity contribution in [2.45, 2.75) is 24.3 Å². The van der Waals surface area contributed by atoms with Gasteiger partial charge in [-0.15, -0.1) is 0 Å². The highest BCUT2D eigenvalue weighted by Crippen LogP contribution is 2.23. The maximum atomic E-state index is 13.5. The molecule has 0 aliphatic rings. The molecule has 22 heavy (non-hydrogen) atoms. The van der Waals surface area contributed by atoms with Gasteiger partial charge in [0, 0.05) is 17.8 Å². The van der Waals surface area contributed by atoms with Crippen molar-refractivity contribution < 1.29 is 13.6 Å². The Hall–Kier alpha value is -2.22. The maximum absolute atomic E-state index is 13.5. The minimum atomic E-state index is -0.832. The lowest BCUT2D eigenvalue weighted by Gasteiger charge is -2.12. The number of nitrogens with zero attached hydrogens (tertiary/aromatic N) is 2. The van der Waals surface area contributed by atoms with E-state index < -0.39 is 22.8 Å². The van der Waals surface area contributed by atoms with Gasteiger partial charge in [0.05, 0.1) is 10.9 Å². The lowest BCUT2D eigenvalue weighted by molar-refractivity contribution is -0.115. The first kappa shape index (κ1) is 16.2. The lowest BCUT2D eigenvalue weighted by Crippen LogP contribution is -2.23. The van der Waals surface area contributed by atoms with E-state index >= 15 is 0 Å². The van der Waals surface area contributed by atoms with E-state index in [4.69, 9.17) is 5.73 Å². The monoisotopic (exact) mass is 324 g/mol. The second-order valence-electron chi connectivity index (χ2n) is 4.59. The molecule has 0 saturated carbocycles. The third-order valence-electron chi connectivity index (χ3n) is 2.69. The summed E-state index contributed by atoms with van der Waals surface area (Å²) >= 11 is 1.10. The number of carbonyl (C=O) groups excluding carboxylic acids is 1. The number of nitrogens with two attached hydrogens (primary N) is 1. The Morgan fingerprint density at radius 1 is 1.32 bits per heavy atom. The van der Waals surface area contributed by atoms with E-state index in [0.717, 1.165) is 17.8 Å². The van der Waals surface area contributed by atoms with E-state index in [-0.39, 0.29) is 5.69 Å². The number of halogens is 2. The molecule has 1 heterocycles. The summed E-state index contributed by atoms with van der Waals surface area (Å²) in [6, 6.07) is 4.56. The first-order chi connectivity index (χ1) is 10.3. The van der Waals surface area contributed by atoms with Gasteiger partial charge in [0.25, 0.3) is 0 Å².